The number of morpholine rings is 1. The van der Waals surface area contributed by atoms with E-state index in [4.69, 9.17) is 14.2 Å². The highest BCUT2D eigenvalue weighted by Crippen LogP contribution is 2.23. The number of hydrogen-bond acceptors (Lipinski definition) is 7. The van der Waals surface area contributed by atoms with Gasteiger partial charge in [0, 0.05) is 33.0 Å². The first kappa shape index (κ1) is 16.1. The van der Waals surface area contributed by atoms with Crippen molar-refractivity contribution in [3.8, 4) is 0 Å². The fourth-order valence-corrected chi connectivity index (χ4v) is 1.96. The van der Waals surface area contributed by atoms with Gasteiger partial charge in [-0.15, -0.1) is 0 Å². The van der Waals surface area contributed by atoms with Crippen molar-refractivity contribution in [3.05, 3.63) is 35.8 Å². The summed E-state index contributed by atoms with van der Waals surface area (Å²) in [4.78, 5) is 25.4. The first-order valence-electron chi connectivity index (χ1n) is 6.95. The minimum atomic E-state index is -1.29. The Hall–Kier alpha value is -2.28. The van der Waals surface area contributed by atoms with Crippen molar-refractivity contribution in [2.75, 3.05) is 26.3 Å². The number of aliphatic hydroxyl groups excluding tert-OH is 1. The Balaban J connectivity index is 2.01. The Morgan fingerprint density at radius 1 is 1.18 bits per heavy atom. The molecule has 0 radical (unpaired) electrons. The molecule has 0 spiro atoms. The lowest BCUT2D eigenvalue weighted by Crippen LogP contribution is -2.41. The van der Waals surface area contributed by atoms with Crippen LogP contribution in [0.2, 0.25) is 0 Å². The smallest absolute Gasteiger partial charge is 0.348 e. The van der Waals surface area contributed by atoms with Crippen molar-refractivity contribution in [2.45, 2.75) is 19.6 Å². The van der Waals surface area contributed by atoms with Crippen molar-refractivity contribution < 1.29 is 28.9 Å². The predicted octanol–water partition coefficient (Wildman–Crippen LogP) is 1.04. The molecule has 0 aromatic rings. The van der Waals surface area contributed by atoms with Gasteiger partial charge in [0.1, 0.15) is 11.3 Å². The maximum absolute atomic E-state index is 11.7. The van der Waals surface area contributed by atoms with Gasteiger partial charge < -0.3 is 24.2 Å². The molecular formula is C15H19NO6. The summed E-state index contributed by atoms with van der Waals surface area (Å²) in [6, 6.07) is 0. The normalized spacial score (nSPS) is 22.5. The van der Waals surface area contributed by atoms with Crippen LogP contribution in [0.15, 0.2) is 35.8 Å². The minimum absolute atomic E-state index is 0.242. The fourth-order valence-electron chi connectivity index (χ4n) is 1.96. The van der Waals surface area contributed by atoms with Crippen LogP contribution >= 0.6 is 0 Å². The maximum atomic E-state index is 11.7. The number of carbonyl (C=O) groups excluding carboxylic acids is 2. The van der Waals surface area contributed by atoms with Crippen LogP contribution in [0.25, 0.3) is 0 Å². The number of hydrogen-bond donors (Lipinski definition) is 1. The van der Waals surface area contributed by atoms with E-state index in [1.165, 1.54) is 19.9 Å². The molecule has 0 saturated carbocycles. The van der Waals surface area contributed by atoms with Gasteiger partial charge in [0.25, 0.3) is 5.79 Å². The molecule has 1 N–H and O–H groups in total. The van der Waals surface area contributed by atoms with Gasteiger partial charge in [-0.25, -0.2) is 9.59 Å². The van der Waals surface area contributed by atoms with E-state index < -0.39 is 17.7 Å². The van der Waals surface area contributed by atoms with Crippen LogP contribution in [0.1, 0.15) is 13.8 Å². The van der Waals surface area contributed by atoms with E-state index in [2.05, 4.69) is 0 Å². The lowest BCUT2D eigenvalue weighted by Gasteiger charge is -2.29. The highest BCUT2D eigenvalue weighted by atomic mass is 16.7. The zero-order valence-corrected chi connectivity index (χ0v) is 12.6. The van der Waals surface area contributed by atoms with Crippen molar-refractivity contribution >= 4 is 11.9 Å². The summed E-state index contributed by atoms with van der Waals surface area (Å²) >= 11 is 0. The number of esters is 2. The van der Waals surface area contributed by atoms with Crippen molar-refractivity contribution in [2.24, 2.45) is 0 Å². The Morgan fingerprint density at radius 2 is 1.77 bits per heavy atom. The molecule has 0 amide bonds. The highest BCUT2D eigenvalue weighted by Gasteiger charge is 2.38. The van der Waals surface area contributed by atoms with E-state index >= 15 is 0 Å². The zero-order valence-electron chi connectivity index (χ0n) is 12.6. The fraction of sp³-hybridized carbons (Fsp3) is 0.467. The van der Waals surface area contributed by atoms with Crippen LogP contribution in [-0.4, -0.2) is 54.0 Å². The summed E-state index contributed by atoms with van der Waals surface area (Å²) in [5.74, 6) is -3.18. The van der Waals surface area contributed by atoms with Crippen LogP contribution in [0, 0.1) is 0 Å². The summed E-state index contributed by atoms with van der Waals surface area (Å²) in [5.41, 5.74) is -0.340. The number of rotatable bonds is 3. The highest BCUT2D eigenvalue weighted by molar-refractivity contribution is 6.15. The van der Waals surface area contributed by atoms with Gasteiger partial charge in [-0.05, 0) is 18.4 Å². The van der Waals surface area contributed by atoms with Crippen LogP contribution in [0.3, 0.4) is 0 Å². The molecule has 22 heavy (non-hydrogen) atoms. The Labute approximate surface area is 128 Å². The molecule has 2 aliphatic rings. The zero-order chi connectivity index (χ0) is 16.2. The van der Waals surface area contributed by atoms with E-state index in [9.17, 15) is 14.7 Å². The summed E-state index contributed by atoms with van der Waals surface area (Å²) in [7, 11) is 0. The predicted molar refractivity (Wildman–Crippen MR) is 76.6 cm³/mol. The number of ether oxygens (including phenoxy) is 3. The van der Waals surface area contributed by atoms with Crippen LogP contribution in [0.4, 0.5) is 0 Å². The molecular weight excluding hydrogens is 290 g/mol. The van der Waals surface area contributed by atoms with E-state index in [0.29, 0.717) is 13.2 Å². The van der Waals surface area contributed by atoms with E-state index in [0.717, 1.165) is 19.2 Å². The molecule has 120 valence electrons. The maximum Gasteiger partial charge on any atom is 0.348 e. The topological polar surface area (TPSA) is 85.3 Å². The molecule has 0 unspecified atom stereocenters. The molecule has 2 fully saturated rings. The van der Waals surface area contributed by atoms with Gasteiger partial charge in [0.15, 0.2) is 0 Å². The molecule has 2 aliphatic heterocycles. The Bertz CT molecular complexity index is 518. The Morgan fingerprint density at radius 3 is 2.36 bits per heavy atom. The second-order valence-electron chi connectivity index (χ2n) is 5.32. The third kappa shape index (κ3) is 4.36. The van der Waals surface area contributed by atoms with Crippen molar-refractivity contribution in [1.82, 2.24) is 4.90 Å². The molecule has 0 bridgehead atoms. The molecule has 0 aromatic carbocycles. The SMILES string of the molecule is CC1(C)OC(=O)C(=C/C(O)=C/C=C/N2CCOCC2)C(=O)O1. The third-order valence-corrected chi connectivity index (χ3v) is 3.02. The monoisotopic (exact) mass is 309 g/mol. The molecule has 0 aromatic heterocycles. The van der Waals surface area contributed by atoms with Crippen LogP contribution in [0.5, 0.6) is 0 Å². The number of aliphatic hydroxyl groups is 1. The summed E-state index contributed by atoms with van der Waals surface area (Å²) in [6.45, 7) is 5.80. The number of carbonyl (C=O) groups is 2. The Kier molecular flexibility index (Phi) is 4.87. The molecule has 0 atom stereocenters. The van der Waals surface area contributed by atoms with Gasteiger partial charge in [-0.3, -0.25) is 0 Å². The van der Waals surface area contributed by atoms with Crippen LogP contribution < -0.4 is 0 Å². The summed E-state index contributed by atoms with van der Waals surface area (Å²) in [5, 5.41) is 9.77. The average molecular weight is 309 g/mol. The van der Waals surface area contributed by atoms with E-state index in [1.54, 1.807) is 12.3 Å². The summed E-state index contributed by atoms with van der Waals surface area (Å²) < 4.78 is 15.1. The molecule has 2 heterocycles. The molecule has 0 aliphatic carbocycles. The quantitative estimate of drug-likeness (QED) is 0.274. The second-order valence-corrected chi connectivity index (χ2v) is 5.32. The number of allylic oxidation sites excluding steroid dienone is 3. The first-order chi connectivity index (χ1) is 10.4. The largest absolute Gasteiger partial charge is 0.508 e. The van der Waals surface area contributed by atoms with Gasteiger partial charge >= 0.3 is 11.9 Å². The summed E-state index contributed by atoms with van der Waals surface area (Å²) in [6.07, 6.45) is 5.84. The molecule has 7 nitrogen and oxygen atoms in total. The average Bonchev–Trinajstić information content (AvgIpc) is 2.43. The van der Waals surface area contributed by atoms with E-state index in [1.807, 2.05) is 4.90 Å². The van der Waals surface area contributed by atoms with Crippen molar-refractivity contribution in [3.63, 3.8) is 0 Å². The van der Waals surface area contributed by atoms with Gasteiger partial charge in [0.2, 0.25) is 0 Å². The van der Waals surface area contributed by atoms with Gasteiger partial charge in [-0.1, -0.05) is 0 Å². The molecule has 7 heteroatoms. The molecule has 2 saturated heterocycles. The minimum Gasteiger partial charge on any atom is -0.508 e. The van der Waals surface area contributed by atoms with Gasteiger partial charge in [0.05, 0.1) is 13.2 Å². The third-order valence-electron chi connectivity index (χ3n) is 3.02. The standard InChI is InChI=1S/C15H19NO6/c1-15(2)21-13(18)12(14(19)22-15)10-11(17)4-3-5-16-6-8-20-9-7-16/h3-5,10,17H,6-9H2,1-2H3/b5-3+,11-4-. The lowest BCUT2D eigenvalue weighted by atomic mass is 10.2. The lowest BCUT2D eigenvalue weighted by molar-refractivity contribution is -0.222. The van der Waals surface area contributed by atoms with Crippen LogP contribution in [-0.2, 0) is 23.8 Å². The number of cyclic esters (lactones) is 2. The number of nitrogens with zero attached hydrogens (tertiary/aromatic N) is 1. The second kappa shape index (κ2) is 6.65. The molecule has 2 rings (SSSR count). The first-order valence-corrected chi connectivity index (χ1v) is 6.95. The van der Waals surface area contributed by atoms with Gasteiger partial charge in [-0.2, -0.15) is 0 Å². The van der Waals surface area contributed by atoms with E-state index in [-0.39, 0.29) is 11.3 Å². The van der Waals surface area contributed by atoms with Crippen molar-refractivity contribution in [1.29, 1.82) is 0 Å².